The van der Waals surface area contributed by atoms with Crippen LogP contribution in [0.4, 0.5) is 0 Å². The second kappa shape index (κ2) is 11.2. The van der Waals surface area contributed by atoms with Gasteiger partial charge >= 0.3 is 0 Å². The molecule has 0 radical (unpaired) electrons. The number of sulfonamides is 1. The molecule has 0 spiro atoms. The largest absolute Gasteiger partial charge is 0.383 e. The summed E-state index contributed by atoms with van der Waals surface area (Å²) < 4.78 is 32.2. The standard InChI is InChI=1S/C19H29N5O3S2/c1-5-20-19(24(3)13-17-14-28-15(2)23-17)21-12-16-7-6-8-18(11-16)29(25,26)22-9-10-27-4/h6-8,11,14,22H,5,9-10,12-13H2,1-4H3,(H,20,21). The summed E-state index contributed by atoms with van der Waals surface area (Å²) in [7, 11) is -0.0858. The van der Waals surface area contributed by atoms with E-state index < -0.39 is 10.0 Å². The van der Waals surface area contributed by atoms with Gasteiger partial charge in [0.1, 0.15) is 0 Å². The number of thiazole rings is 1. The van der Waals surface area contributed by atoms with Gasteiger partial charge in [-0.25, -0.2) is 23.1 Å². The zero-order valence-corrected chi connectivity index (χ0v) is 18.9. The van der Waals surface area contributed by atoms with Gasteiger partial charge in [-0.05, 0) is 31.5 Å². The number of ether oxygens (including phenoxy) is 1. The Kier molecular flexibility index (Phi) is 9.02. The summed E-state index contributed by atoms with van der Waals surface area (Å²) in [4.78, 5) is 11.4. The summed E-state index contributed by atoms with van der Waals surface area (Å²) in [5, 5.41) is 6.34. The molecule has 0 saturated heterocycles. The molecule has 160 valence electrons. The van der Waals surface area contributed by atoms with Crippen LogP contribution in [-0.2, 0) is 27.8 Å². The van der Waals surface area contributed by atoms with E-state index >= 15 is 0 Å². The number of aryl methyl sites for hydroxylation is 1. The molecule has 0 saturated carbocycles. The molecular formula is C19H29N5O3S2. The van der Waals surface area contributed by atoms with Crippen molar-refractivity contribution in [2.75, 3.05) is 33.9 Å². The van der Waals surface area contributed by atoms with E-state index in [0.29, 0.717) is 19.7 Å². The van der Waals surface area contributed by atoms with Gasteiger partial charge in [0.05, 0.1) is 35.3 Å². The van der Waals surface area contributed by atoms with Gasteiger partial charge in [0.15, 0.2) is 5.96 Å². The van der Waals surface area contributed by atoms with E-state index in [0.717, 1.165) is 28.8 Å². The lowest BCUT2D eigenvalue weighted by Crippen LogP contribution is -2.38. The maximum atomic E-state index is 12.4. The first-order valence-corrected chi connectivity index (χ1v) is 11.7. The molecule has 0 amide bonds. The molecule has 0 atom stereocenters. The first kappa shape index (κ1) is 23.3. The Balaban J connectivity index is 2.10. The molecule has 0 aliphatic heterocycles. The average molecular weight is 440 g/mol. The number of nitrogens with one attached hydrogen (secondary N) is 2. The SMILES string of the molecule is CCNC(=NCc1cccc(S(=O)(=O)NCCOC)c1)N(C)Cc1csc(C)n1. The quantitative estimate of drug-likeness (QED) is 0.334. The van der Waals surface area contributed by atoms with E-state index in [1.165, 1.54) is 7.11 Å². The highest BCUT2D eigenvalue weighted by atomic mass is 32.2. The number of rotatable bonds is 10. The zero-order valence-electron chi connectivity index (χ0n) is 17.3. The summed E-state index contributed by atoms with van der Waals surface area (Å²) in [5.74, 6) is 0.740. The molecule has 2 N–H and O–H groups in total. The van der Waals surface area contributed by atoms with Crippen molar-refractivity contribution in [3.05, 3.63) is 45.9 Å². The molecule has 2 rings (SSSR count). The maximum Gasteiger partial charge on any atom is 0.240 e. The molecule has 0 aliphatic carbocycles. The maximum absolute atomic E-state index is 12.4. The van der Waals surface area contributed by atoms with Crippen molar-refractivity contribution in [1.29, 1.82) is 0 Å². The van der Waals surface area contributed by atoms with E-state index in [-0.39, 0.29) is 11.4 Å². The zero-order chi connectivity index (χ0) is 21.3. The van der Waals surface area contributed by atoms with Gasteiger partial charge in [0.25, 0.3) is 0 Å². The van der Waals surface area contributed by atoms with Gasteiger partial charge in [-0.3, -0.25) is 0 Å². The number of aromatic nitrogens is 1. The van der Waals surface area contributed by atoms with E-state index in [4.69, 9.17) is 4.74 Å². The van der Waals surface area contributed by atoms with Gasteiger partial charge in [-0.15, -0.1) is 11.3 Å². The van der Waals surface area contributed by atoms with E-state index in [9.17, 15) is 8.42 Å². The Labute approximate surface area is 177 Å². The van der Waals surface area contributed by atoms with Crippen molar-refractivity contribution in [3.8, 4) is 0 Å². The van der Waals surface area contributed by atoms with Gasteiger partial charge in [0.2, 0.25) is 10.0 Å². The fourth-order valence-electron chi connectivity index (χ4n) is 2.61. The van der Waals surface area contributed by atoms with Crippen molar-refractivity contribution in [1.82, 2.24) is 19.9 Å². The van der Waals surface area contributed by atoms with Crippen molar-refractivity contribution >= 4 is 27.3 Å². The lowest BCUT2D eigenvalue weighted by Gasteiger charge is -2.21. The lowest BCUT2D eigenvalue weighted by atomic mass is 10.2. The molecule has 0 unspecified atom stereocenters. The minimum Gasteiger partial charge on any atom is -0.383 e. The number of hydrogen-bond acceptors (Lipinski definition) is 6. The third-order valence-electron chi connectivity index (χ3n) is 3.98. The molecule has 1 aromatic heterocycles. The Hall–Kier alpha value is -2.01. The number of benzene rings is 1. The van der Waals surface area contributed by atoms with Crippen LogP contribution in [0.25, 0.3) is 0 Å². The third kappa shape index (κ3) is 7.39. The second-order valence-corrected chi connectivity index (χ2v) is 9.25. The summed E-state index contributed by atoms with van der Waals surface area (Å²) >= 11 is 1.62. The van der Waals surface area contributed by atoms with E-state index in [2.05, 4.69) is 20.0 Å². The van der Waals surface area contributed by atoms with Crippen molar-refractivity contribution in [3.63, 3.8) is 0 Å². The Morgan fingerprint density at radius 2 is 2.17 bits per heavy atom. The minimum absolute atomic E-state index is 0.220. The average Bonchev–Trinajstić information content (AvgIpc) is 3.10. The van der Waals surface area contributed by atoms with Crippen LogP contribution in [0, 0.1) is 6.92 Å². The summed E-state index contributed by atoms with van der Waals surface area (Å²) in [6.07, 6.45) is 0. The predicted octanol–water partition coefficient (Wildman–Crippen LogP) is 1.97. The molecule has 0 fully saturated rings. The lowest BCUT2D eigenvalue weighted by molar-refractivity contribution is 0.204. The molecule has 10 heteroatoms. The molecule has 1 aromatic carbocycles. The van der Waals surface area contributed by atoms with Crippen molar-refractivity contribution in [2.45, 2.75) is 31.8 Å². The summed E-state index contributed by atoms with van der Waals surface area (Å²) in [6, 6.07) is 6.81. The van der Waals surface area contributed by atoms with Gasteiger partial charge < -0.3 is 15.0 Å². The molecule has 8 nitrogen and oxygen atoms in total. The Morgan fingerprint density at radius 1 is 1.38 bits per heavy atom. The van der Waals surface area contributed by atoms with E-state index in [1.54, 1.807) is 29.5 Å². The fourth-order valence-corrected chi connectivity index (χ4v) is 4.29. The predicted molar refractivity (Wildman–Crippen MR) is 117 cm³/mol. The van der Waals surface area contributed by atoms with Crippen LogP contribution in [-0.4, -0.2) is 58.1 Å². The number of aliphatic imine (C=N–C) groups is 1. The van der Waals surface area contributed by atoms with Crippen LogP contribution in [0.2, 0.25) is 0 Å². The molecule has 2 aromatic rings. The van der Waals surface area contributed by atoms with Crippen LogP contribution in [0.15, 0.2) is 39.5 Å². The van der Waals surface area contributed by atoms with Gasteiger partial charge in [-0.2, -0.15) is 0 Å². The van der Waals surface area contributed by atoms with Crippen LogP contribution in [0.3, 0.4) is 0 Å². The summed E-state index contributed by atoms with van der Waals surface area (Å²) in [6.45, 7) is 6.29. The van der Waals surface area contributed by atoms with Crippen molar-refractivity contribution in [2.24, 2.45) is 4.99 Å². The van der Waals surface area contributed by atoms with Gasteiger partial charge in [-0.1, -0.05) is 12.1 Å². The summed E-state index contributed by atoms with van der Waals surface area (Å²) in [5.41, 5.74) is 1.81. The Bertz CT molecular complexity index is 912. The van der Waals surface area contributed by atoms with Gasteiger partial charge in [0, 0.05) is 32.6 Å². The topological polar surface area (TPSA) is 95.9 Å². The van der Waals surface area contributed by atoms with E-state index in [1.807, 2.05) is 37.2 Å². The van der Waals surface area contributed by atoms with Crippen LogP contribution in [0.5, 0.6) is 0 Å². The minimum atomic E-state index is -3.57. The van der Waals surface area contributed by atoms with Crippen LogP contribution >= 0.6 is 11.3 Å². The highest BCUT2D eigenvalue weighted by Crippen LogP contribution is 2.13. The van der Waals surface area contributed by atoms with Crippen LogP contribution < -0.4 is 10.0 Å². The third-order valence-corrected chi connectivity index (χ3v) is 6.26. The monoisotopic (exact) mass is 439 g/mol. The number of methoxy groups -OCH3 is 1. The number of nitrogens with zero attached hydrogens (tertiary/aromatic N) is 3. The molecule has 0 aliphatic rings. The molecular weight excluding hydrogens is 410 g/mol. The highest BCUT2D eigenvalue weighted by molar-refractivity contribution is 7.89. The first-order chi connectivity index (χ1) is 13.9. The smallest absolute Gasteiger partial charge is 0.240 e. The number of guanidine groups is 1. The molecule has 0 bridgehead atoms. The second-order valence-electron chi connectivity index (χ2n) is 6.42. The number of hydrogen-bond donors (Lipinski definition) is 2. The molecule has 1 heterocycles. The highest BCUT2D eigenvalue weighted by Gasteiger charge is 2.14. The normalized spacial score (nSPS) is 12.2. The molecule has 29 heavy (non-hydrogen) atoms. The van der Waals surface area contributed by atoms with Crippen LogP contribution in [0.1, 0.15) is 23.2 Å². The first-order valence-electron chi connectivity index (χ1n) is 9.33. The Morgan fingerprint density at radius 3 is 2.83 bits per heavy atom. The fraction of sp³-hybridized carbons (Fsp3) is 0.474. The van der Waals surface area contributed by atoms with Crippen molar-refractivity contribution < 1.29 is 13.2 Å².